The Morgan fingerprint density at radius 1 is 1.69 bits per heavy atom. The van der Waals surface area contributed by atoms with Crippen LogP contribution in [-0.4, -0.2) is 10.9 Å². The molecule has 1 aromatic heterocycles. The highest BCUT2D eigenvalue weighted by molar-refractivity contribution is 7.19. The van der Waals surface area contributed by atoms with E-state index in [1.54, 1.807) is 0 Å². The molecule has 0 saturated heterocycles. The van der Waals surface area contributed by atoms with E-state index in [0.29, 0.717) is 10.1 Å². The Morgan fingerprint density at radius 3 is 2.85 bits per heavy atom. The van der Waals surface area contributed by atoms with E-state index in [9.17, 15) is 4.79 Å². The van der Waals surface area contributed by atoms with Gasteiger partial charge in [-0.3, -0.25) is 4.79 Å². The molecule has 0 aromatic carbocycles. The highest BCUT2D eigenvalue weighted by Gasteiger charge is 2.30. The number of carbonyl (C=O) groups excluding carboxylic acids is 1. The van der Waals surface area contributed by atoms with Gasteiger partial charge >= 0.3 is 0 Å². The molecule has 1 aliphatic rings. The average molecular weight is 197 g/mol. The van der Waals surface area contributed by atoms with Gasteiger partial charge in [0.1, 0.15) is 5.00 Å². The second-order valence-corrected chi connectivity index (χ2v) is 4.26. The first-order valence-corrected chi connectivity index (χ1v) is 5.02. The first-order chi connectivity index (χ1) is 6.16. The van der Waals surface area contributed by atoms with E-state index in [2.05, 4.69) is 10.3 Å². The highest BCUT2D eigenvalue weighted by Crippen LogP contribution is 2.31. The van der Waals surface area contributed by atoms with E-state index in [1.807, 2.05) is 6.92 Å². The van der Waals surface area contributed by atoms with Crippen LogP contribution in [0, 0.1) is 12.8 Å². The summed E-state index contributed by atoms with van der Waals surface area (Å²) in [6.07, 6.45) is 2.01. The summed E-state index contributed by atoms with van der Waals surface area (Å²) in [5, 5.41) is 4.04. The molecular weight excluding hydrogens is 186 g/mol. The number of nitrogens with zero attached hydrogens (tertiary/aromatic N) is 1. The van der Waals surface area contributed by atoms with E-state index in [1.165, 1.54) is 11.3 Å². The number of nitrogens with two attached hydrogens (primary N) is 1. The van der Waals surface area contributed by atoms with Crippen molar-refractivity contribution in [3.8, 4) is 0 Å². The molecule has 1 aromatic rings. The van der Waals surface area contributed by atoms with Crippen molar-refractivity contribution < 1.29 is 4.79 Å². The van der Waals surface area contributed by atoms with Crippen LogP contribution in [-0.2, 0) is 4.79 Å². The van der Waals surface area contributed by atoms with Gasteiger partial charge in [0.2, 0.25) is 5.91 Å². The fraction of sp³-hybridized carbons (Fsp3) is 0.500. The molecule has 1 aliphatic carbocycles. The highest BCUT2D eigenvalue weighted by atomic mass is 32.1. The first-order valence-electron chi connectivity index (χ1n) is 4.20. The SMILES string of the molecule is Cc1nc(NC(=O)C2CC2)sc1N. The topological polar surface area (TPSA) is 68.0 Å². The summed E-state index contributed by atoms with van der Waals surface area (Å²) in [5.41, 5.74) is 6.40. The Morgan fingerprint density at radius 2 is 2.38 bits per heavy atom. The molecule has 1 amide bonds. The maximum atomic E-state index is 11.3. The van der Waals surface area contributed by atoms with Gasteiger partial charge in [0, 0.05) is 5.92 Å². The summed E-state index contributed by atoms with van der Waals surface area (Å²) in [6, 6.07) is 0. The molecular formula is C8H11N3OS. The number of thiazole rings is 1. The molecule has 0 atom stereocenters. The van der Waals surface area contributed by atoms with Gasteiger partial charge in [0.05, 0.1) is 5.69 Å². The van der Waals surface area contributed by atoms with Gasteiger partial charge in [-0.05, 0) is 19.8 Å². The predicted octanol–water partition coefficient (Wildman–Crippen LogP) is 1.38. The van der Waals surface area contributed by atoms with Crippen molar-refractivity contribution in [1.82, 2.24) is 4.98 Å². The lowest BCUT2D eigenvalue weighted by molar-refractivity contribution is -0.117. The van der Waals surface area contributed by atoms with Gasteiger partial charge < -0.3 is 11.1 Å². The number of carbonyl (C=O) groups is 1. The second-order valence-electron chi connectivity index (χ2n) is 3.23. The molecule has 1 fully saturated rings. The molecule has 70 valence electrons. The minimum Gasteiger partial charge on any atom is -0.389 e. The van der Waals surface area contributed by atoms with Crippen LogP contribution in [0.4, 0.5) is 10.1 Å². The predicted molar refractivity (Wildman–Crippen MR) is 52.6 cm³/mol. The van der Waals surface area contributed by atoms with Crippen molar-refractivity contribution in [2.24, 2.45) is 5.92 Å². The van der Waals surface area contributed by atoms with Crippen LogP contribution in [0.2, 0.25) is 0 Å². The number of anilines is 2. The monoisotopic (exact) mass is 197 g/mol. The van der Waals surface area contributed by atoms with Gasteiger partial charge in [-0.1, -0.05) is 11.3 Å². The van der Waals surface area contributed by atoms with Crippen LogP contribution in [0.25, 0.3) is 0 Å². The molecule has 1 saturated carbocycles. The molecule has 1 heterocycles. The molecule has 0 radical (unpaired) electrons. The Balaban J connectivity index is 2.04. The van der Waals surface area contributed by atoms with E-state index in [-0.39, 0.29) is 11.8 Å². The zero-order valence-corrected chi connectivity index (χ0v) is 8.15. The van der Waals surface area contributed by atoms with E-state index in [0.717, 1.165) is 18.5 Å². The van der Waals surface area contributed by atoms with Crippen LogP contribution >= 0.6 is 11.3 Å². The molecule has 2 rings (SSSR count). The fourth-order valence-corrected chi connectivity index (χ4v) is 1.75. The molecule has 0 unspecified atom stereocenters. The summed E-state index contributed by atoms with van der Waals surface area (Å²) in [5.74, 6) is 0.291. The Hall–Kier alpha value is -1.10. The number of hydrogen-bond donors (Lipinski definition) is 2. The maximum absolute atomic E-state index is 11.3. The molecule has 0 aliphatic heterocycles. The number of aromatic nitrogens is 1. The van der Waals surface area contributed by atoms with Crippen molar-refractivity contribution in [2.45, 2.75) is 19.8 Å². The van der Waals surface area contributed by atoms with Crippen molar-refractivity contribution in [3.05, 3.63) is 5.69 Å². The number of aryl methyl sites for hydroxylation is 1. The number of amides is 1. The molecule has 13 heavy (non-hydrogen) atoms. The third kappa shape index (κ3) is 1.80. The zero-order chi connectivity index (χ0) is 9.42. The number of nitrogen functional groups attached to an aromatic ring is 1. The summed E-state index contributed by atoms with van der Waals surface area (Å²) in [7, 11) is 0. The van der Waals surface area contributed by atoms with Crippen LogP contribution in [0.15, 0.2) is 0 Å². The molecule has 0 bridgehead atoms. The largest absolute Gasteiger partial charge is 0.389 e. The van der Waals surface area contributed by atoms with E-state index >= 15 is 0 Å². The summed E-state index contributed by atoms with van der Waals surface area (Å²) in [4.78, 5) is 15.4. The van der Waals surface area contributed by atoms with Crippen LogP contribution in [0.3, 0.4) is 0 Å². The smallest absolute Gasteiger partial charge is 0.229 e. The second kappa shape index (κ2) is 2.99. The maximum Gasteiger partial charge on any atom is 0.229 e. The quantitative estimate of drug-likeness (QED) is 0.752. The molecule has 0 spiro atoms. The summed E-state index contributed by atoms with van der Waals surface area (Å²) in [6.45, 7) is 1.83. The molecule has 3 N–H and O–H groups in total. The normalized spacial score (nSPS) is 15.8. The number of nitrogens with one attached hydrogen (secondary N) is 1. The minimum absolute atomic E-state index is 0.0775. The lowest BCUT2D eigenvalue weighted by atomic mass is 10.4. The van der Waals surface area contributed by atoms with Gasteiger partial charge in [0.25, 0.3) is 0 Å². The summed E-state index contributed by atoms with van der Waals surface area (Å²) < 4.78 is 0. The van der Waals surface area contributed by atoms with Gasteiger partial charge in [0.15, 0.2) is 5.13 Å². The molecule has 5 heteroatoms. The number of hydrogen-bond acceptors (Lipinski definition) is 4. The van der Waals surface area contributed by atoms with Gasteiger partial charge in [-0.15, -0.1) is 0 Å². The Kier molecular flexibility index (Phi) is 1.95. The van der Waals surface area contributed by atoms with Crippen molar-refractivity contribution in [1.29, 1.82) is 0 Å². The van der Waals surface area contributed by atoms with Crippen LogP contribution < -0.4 is 11.1 Å². The van der Waals surface area contributed by atoms with Crippen molar-refractivity contribution >= 4 is 27.4 Å². The lowest BCUT2D eigenvalue weighted by Gasteiger charge is -1.96. The fourth-order valence-electron chi connectivity index (χ4n) is 1.01. The van der Waals surface area contributed by atoms with Crippen LogP contribution in [0.1, 0.15) is 18.5 Å². The van der Waals surface area contributed by atoms with Crippen LogP contribution in [0.5, 0.6) is 0 Å². The Bertz CT molecular complexity index is 324. The van der Waals surface area contributed by atoms with Crippen molar-refractivity contribution in [3.63, 3.8) is 0 Å². The lowest BCUT2D eigenvalue weighted by Crippen LogP contribution is -2.12. The first kappa shape index (κ1) is 8.50. The molecule has 4 nitrogen and oxygen atoms in total. The minimum atomic E-state index is 0.0775. The summed E-state index contributed by atoms with van der Waals surface area (Å²) >= 11 is 1.32. The van der Waals surface area contributed by atoms with Gasteiger partial charge in [-0.25, -0.2) is 4.98 Å². The van der Waals surface area contributed by atoms with E-state index < -0.39 is 0 Å². The zero-order valence-electron chi connectivity index (χ0n) is 7.33. The van der Waals surface area contributed by atoms with E-state index in [4.69, 9.17) is 5.73 Å². The average Bonchev–Trinajstić information content (AvgIpc) is 2.81. The number of rotatable bonds is 2. The third-order valence-electron chi connectivity index (χ3n) is 2.01. The third-order valence-corrected chi connectivity index (χ3v) is 2.91. The van der Waals surface area contributed by atoms with Gasteiger partial charge in [-0.2, -0.15) is 0 Å². The Labute approximate surface area is 80.2 Å². The van der Waals surface area contributed by atoms with Crippen molar-refractivity contribution in [2.75, 3.05) is 11.1 Å². The standard InChI is InChI=1S/C8H11N3OS/c1-4-6(9)13-8(10-4)11-7(12)5-2-3-5/h5H,2-3,9H2,1H3,(H,10,11,12).